The Kier molecular flexibility index (Phi) is 8.35. The normalized spacial score (nSPS) is 10.1. The molecule has 2 rings (SSSR count). The minimum absolute atomic E-state index is 0.0152. The molecule has 0 aliphatic rings. The smallest absolute Gasteiger partial charge is 0.250 e. The van der Waals surface area contributed by atoms with Gasteiger partial charge < -0.3 is 5.32 Å². The lowest BCUT2D eigenvalue weighted by Gasteiger charge is -2.10. The summed E-state index contributed by atoms with van der Waals surface area (Å²) in [7, 11) is 0. The fourth-order valence-corrected chi connectivity index (χ4v) is 2.23. The van der Waals surface area contributed by atoms with E-state index in [2.05, 4.69) is 21.5 Å². The molecule has 0 unspecified atom stereocenters. The number of rotatable bonds is 6. The first-order valence-corrected chi connectivity index (χ1v) is 8.91. The summed E-state index contributed by atoms with van der Waals surface area (Å²) in [6, 6.07) is 18.3. The Morgan fingerprint density at radius 2 is 1.43 bits per heavy atom. The zero-order valence-corrected chi connectivity index (χ0v) is 15.8. The number of amides is 3. The highest BCUT2D eigenvalue weighted by atomic mass is 32.1. The second-order valence-electron chi connectivity index (χ2n) is 5.65. The molecule has 8 heteroatoms. The molecule has 0 radical (unpaired) electrons. The van der Waals surface area contributed by atoms with Crippen LogP contribution in [0.3, 0.4) is 0 Å². The summed E-state index contributed by atoms with van der Waals surface area (Å²) in [5.41, 5.74) is 6.29. The number of hydrogen-bond donors (Lipinski definition) is 4. The van der Waals surface area contributed by atoms with Crippen molar-refractivity contribution in [1.82, 2.24) is 16.2 Å². The van der Waals surface area contributed by atoms with Crippen LogP contribution in [0.25, 0.3) is 6.08 Å². The average molecular weight is 396 g/mol. The van der Waals surface area contributed by atoms with Crippen LogP contribution in [0.15, 0.2) is 66.7 Å². The molecule has 0 bridgehead atoms. The van der Waals surface area contributed by atoms with Gasteiger partial charge in [0.2, 0.25) is 17.7 Å². The predicted octanol–water partition coefficient (Wildman–Crippen LogP) is 2.14. The molecule has 0 aliphatic heterocycles. The fraction of sp³-hybridized carbons (Fsp3) is 0.100. The van der Waals surface area contributed by atoms with Crippen molar-refractivity contribution in [2.45, 2.75) is 12.8 Å². The molecule has 0 saturated heterocycles. The summed E-state index contributed by atoms with van der Waals surface area (Å²) in [6.07, 6.45) is 2.96. The van der Waals surface area contributed by atoms with Gasteiger partial charge in [-0.1, -0.05) is 48.5 Å². The van der Waals surface area contributed by atoms with Crippen molar-refractivity contribution in [3.05, 3.63) is 72.3 Å². The van der Waals surface area contributed by atoms with Gasteiger partial charge in [0.15, 0.2) is 5.11 Å². The lowest BCUT2D eigenvalue weighted by molar-refractivity contribution is -0.124. The molecule has 7 nitrogen and oxygen atoms in total. The van der Waals surface area contributed by atoms with Crippen LogP contribution < -0.4 is 21.5 Å². The quantitative estimate of drug-likeness (QED) is 0.341. The average Bonchev–Trinajstić information content (AvgIpc) is 2.71. The van der Waals surface area contributed by atoms with E-state index in [0.29, 0.717) is 5.69 Å². The topological polar surface area (TPSA) is 99.3 Å². The molecule has 28 heavy (non-hydrogen) atoms. The molecule has 0 spiro atoms. The minimum Gasteiger partial charge on any atom is -0.326 e. The number of nitrogens with one attached hydrogen (secondary N) is 4. The maximum absolute atomic E-state index is 11.8. The van der Waals surface area contributed by atoms with Gasteiger partial charge in [0.1, 0.15) is 0 Å². The lowest BCUT2D eigenvalue weighted by atomic mass is 10.2. The third-order valence-corrected chi connectivity index (χ3v) is 3.62. The van der Waals surface area contributed by atoms with Gasteiger partial charge in [-0.3, -0.25) is 30.6 Å². The molecule has 0 aliphatic carbocycles. The summed E-state index contributed by atoms with van der Waals surface area (Å²) in [5, 5.41) is 5.04. The van der Waals surface area contributed by atoms with Crippen molar-refractivity contribution in [2.75, 3.05) is 5.32 Å². The van der Waals surface area contributed by atoms with E-state index in [-0.39, 0.29) is 23.9 Å². The first kappa shape index (κ1) is 20.8. The van der Waals surface area contributed by atoms with Gasteiger partial charge >= 0.3 is 0 Å². The van der Waals surface area contributed by atoms with Crippen LogP contribution >= 0.6 is 12.2 Å². The van der Waals surface area contributed by atoms with Gasteiger partial charge in [-0.05, 0) is 36.0 Å². The van der Waals surface area contributed by atoms with Crippen molar-refractivity contribution in [1.29, 1.82) is 0 Å². The van der Waals surface area contributed by atoms with Gasteiger partial charge in [0.05, 0.1) is 0 Å². The van der Waals surface area contributed by atoms with Crippen LogP contribution in [-0.2, 0) is 14.4 Å². The third kappa shape index (κ3) is 8.24. The Bertz CT molecular complexity index is 854. The summed E-state index contributed by atoms with van der Waals surface area (Å²) >= 11 is 4.93. The number of para-hydroxylation sites is 1. The second kappa shape index (κ2) is 11.2. The molecule has 144 valence electrons. The molecule has 0 atom stereocenters. The Morgan fingerprint density at radius 1 is 0.821 bits per heavy atom. The zero-order valence-electron chi connectivity index (χ0n) is 15.0. The molecule has 0 saturated carbocycles. The number of hydrazine groups is 1. The number of hydrogen-bond acceptors (Lipinski definition) is 4. The van der Waals surface area contributed by atoms with Gasteiger partial charge in [-0.25, -0.2) is 0 Å². The molecule has 0 heterocycles. The molecule has 3 amide bonds. The maximum Gasteiger partial charge on any atom is 0.250 e. The zero-order chi connectivity index (χ0) is 20.2. The van der Waals surface area contributed by atoms with E-state index in [1.54, 1.807) is 30.3 Å². The number of carbonyl (C=O) groups excluding carboxylic acids is 3. The van der Waals surface area contributed by atoms with Crippen molar-refractivity contribution >= 4 is 46.8 Å². The van der Waals surface area contributed by atoms with Crippen molar-refractivity contribution in [3.63, 3.8) is 0 Å². The molecule has 4 N–H and O–H groups in total. The van der Waals surface area contributed by atoms with Crippen molar-refractivity contribution in [2.24, 2.45) is 0 Å². The van der Waals surface area contributed by atoms with Crippen molar-refractivity contribution in [3.8, 4) is 0 Å². The third-order valence-electron chi connectivity index (χ3n) is 3.42. The summed E-state index contributed by atoms with van der Waals surface area (Å²) in [4.78, 5) is 35.3. The van der Waals surface area contributed by atoms with E-state index >= 15 is 0 Å². The monoisotopic (exact) mass is 396 g/mol. The minimum atomic E-state index is -0.433. The van der Waals surface area contributed by atoms with E-state index in [0.717, 1.165) is 5.56 Å². The van der Waals surface area contributed by atoms with Crippen LogP contribution in [0.4, 0.5) is 5.69 Å². The first-order chi connectivity index (χ1) is 13.5. The van der Waals surface area contributed by atoms with Crippen LogP contribution in [0.1, 0.15) is 18.4 Å². The fourth-order valence-electron chi connectivity index (χ4n) is 2.08. The molecule has 2 aromatic rings. The van der Waals surface area contributed by atoms with Gasteiger partial charge in [0, 0.05) is 24.6 Å². The Balaban J connectivity index is 1.63. The van der Waals surface area contributed by atoms with Gasteiger partial charge in [0.25, 0.3) is 0 Å². The molecule has 0 aromatic heterocycles. The number of carbonyl (C=O) groups is 3. The van der Waals surface area contributed by atoms with E-state index in [4.69, 9.17) is 12.2 Å². The highest BCUT2D eigenvalue weighted by Crippen LogP contribution is 2.06. The SMILES string of the molecule is O=C(/C=C/c1ccccc1)NC(=S)NNC(=O)CCC(=O)Nc1ccccc1. The Morgan fingerprint density at radius 3 is 2.11 bits per heavy atom. The van der Waals surface area contributed by atoms with Gasteiger partial charge in [-0.15, -0.1) is 0 Å². The molecule has 2 aromatic carbocycles. The number of anilines is 1. The molecular weight excluding hydrogens is 376 g/mol. The van der Waals surface area contributed by atoms with E-state index in [9.17, 15) is 14.4 Å². The maximum atomic E-state index is 11.8. The van der Waals surface area contributed by atoms with E-state index in [1.165, 1.54) is 6.08 Å². The summed E-state index contributed by atoms with van der Waals surface area (Å²) in [5.74, 6) is -1.14. The standard InChI is InChI=1S/C20H20N4O3S/c25-17(21-16-9-5-2-6-10-16)13-14-19(27)23-24-20(28)22-18(26)12-11-15-7-3-1-4-8-15/h1-12H,13-14H2,(H,21,25)(H,23,27)(H2,22,24,26,28)/b12-11+. The lowest BCUT2D eigenvalue weighted by Crippen LogP contribution is -2.48. The predicted molar refractivity (Wildman–Crippen MR) is 112 cm³/mol. The van der Waals surface area contributed by atoms with Crippen LogP contribution in [0, 0.1) is 0 Å². The van der Waals surface area contributed by atoms with Crippen LogP contribution in [-0.4, -0.2) is 22.8 Å². The number of benzene rings is 2. The van der Waals surface area contributed by atoms with Crippen LogP contribution in [0.5, 0.6) is 0 Å². The summed E-state index contributed by atoms with van der Waals surface area (Å²) < 4.78 is 0. The second-order valence-corrected chi connectivity index (χ2v) is 6.06. The molecule has 0 fully saturated rings. The Hall–Kier alpha value is -3.52. The highest BCUT2D eigenvalue weighted by Gasteiger charge is 2.08. The van der Waals surface area contributed by atoms with Crippen molar-refractivity contribution < 1.29 is 14.4 Å². The number of thiocarbonyl (C=S) groups is 1. The van der Waals surface area contributed by atoms with E-state index < -0.39 is 11.8 Å². The summed E-state index contributed by atoms with van der Waals surface area (Å²) in [6.45, 7) is 0. The molecular formula is C20H20N4O3S. The van der Waals surface area contributed by atoms with Crippen LogP contribution in [0.2, 0.25) is 0 Å². The Labute approximate surface area is 168 Å². The van der Waals surface area contributed by atoms with Gasteiger partial charge in [-0.2, -0.15) is 0 Å². The first-order valence-electron chi connectivity index (χ1n) is 8.51. The van der Waals surface area contributed by atoms with E-state index in [1.807, 2.05) is 36.4 Å². The highest BCUT2D eigenvalue weighted by molar-refractivity contribution is 7.80. The largest absolute Gasteiger partial charge is 0.326 e.